The fourth-order valence-electron chi connectivity index (χ4n) is 3.46. The molecule has 0 aliphatic heterocycles. The summed E-state index contributed by atoms with van der Waals surface area (Å²) in [7, 11) is 1.88. The second kappa shape index (κ2) is 7.56. The lowest BCUT2D eigenvalue weighted by molar-refractivity contribution is -0.121. The molecule has 2 rings (SSSR count). The Bertz CT molecular complexity index is 946. The van der Waals surface area contributed by atoms with Crippen LogP contribution in [0.5, 0.6) is 0 Å². The molecular weight excluding hydrogens is 330 g/mol. The Balaban J connectivity index is 2.10. The van der Waals surface area contributed by atoms with E-state index in [1.807, 2.05) is 38.6 Å². The molecule has 26 heavy (non-hydrogen) atoms. The van der Waals surface area contributed by atoms with Crippen molar-refractivity contribution < 1.29 is 4.79 Å². The van der Waals surface area contributed by atoms with E-state index in [0.717, 1.165) is 22.5 Å². The normalized spacial score (nSPS) is 11.9. The Labute approximate surface area is 153 Å². The first-order chi connectivity index (χ1) is 12.2. The number of nitrogens with one attached hydrogen (secondary N) is 2. The van der Waals surface area contributed by atoms with E-state index >= 15 is 0 Å². The molecule has 0 bridgehead atoms. The van der Waals surface area contributed by atoms with Crippen LogP contribution in [0.1, 0.15) is 58.7 Å². The lowest BCUT2D eigenvalue weighted by Gasteiger charge is -2.16. The van der Waals surface area contributed by atoms with Gasteiger partial charge in [-0.15, -0.1) is 0 Å². The summed E-state index contributed by atoms with van der Waals surface area (Å²) in [6.45, 7) is 9.39. The van der Waals surface area contributed by atoms with E-state index in [2.05, 4.69) is 15.4 Å². The minimum absolute atomic E-state index is 0.0799. The highest BCUT2D eigenvalue weighted by Gasteiger charge is 2.19. The van der Waals surface area contributed by atoms with Gasteiger partial charge in [0.25, 0.3) is 5.56 Å². The molecule has 0 saturated heterocycles. The third-order valence-electron chi connectivity index (χ3n) is 4.90. The summed E-state index contributed by atoms with van der Waals surface area (Å²) < 4.78 is 1.81. The van der Waals surface area contributed by atoms with E-state index in [1.165, 1.54) is 0 Å². The van der Waals surface area contributed by atoms with Crippen LogP contribution in [0.4, 0.5) is 0 Å². The highest BCUT2D eigenvalue weighted by Crippen LogP contribution is 2.21. The van der Waals surface area contributed by atoms with Crippen molar-refractivity contribution in [2.75, 3.05) is 0 Å². The van der Waals surface area contributed by atoms with Gasteiger partial charge in [0, 0.05) is 30.4 Å². The maximum atomic E-state index is 12.4. The van der Waals surface area contributed by atoms with Crippen molar-refractivity contribution in [3.8, 4) is 6.07 Å². The van der Waals surface area contributed by atoms with Gasteiger partial charge in [-0.05, 0) is 52.2 Å². The Hall–Kier alpha value is -2.88. The van der Waals surface area contributed by atoms with Crippen molar-refractivity contribution in [2.24, 2.45) is 7.05 Å². The minimum Gasteiger partial charge on any atom is -0.349 e. The summed E-state index contributed by atoms with van der Waals surface area (Å²) in [6.07, 6.45) is 0.744. The van der Waals surface area contributed by atoms with Crippen LogP contribution in [0.3, 0.4) is 0 Å². The maximum Gasteiger partial charge on any atom is 0.266 e. The number of nitriles is 1. The van der Waals surface area contributed by atoms with Crippen molar-refractivity contribution in [1.82, 2.24) is 20.1 Å². The van der Waals surface area contributed by atoms with Gasteiger partial charge in [0.1, 0.15) is 11.6 Å². The zero-order chi connectivity index (χ0) is 19.6. The summed E-state index contributed by atoms with van der Waals surface area (Å²) in [5, 5.41) is 16.5. The average molecular weight is 355 g/mol. The van der Waals surface area contributed by atoms with Crippen molar-refractivity contribution >= 4 is 5.91 Å². The summed E-state index contributed by atoms with van der Waals surface area (Å²) >= 11 is 0. The molecule has 0 aliphatic rings. The number of aromatic nitrogens is 3. The van der Waals surface area contributed by atoms with Gasteiger partial charge < -0.3 is 10.3 Å². The Morgan fingerprint density at radius 2 is 2.00 bits per heavy atom. The van der Waals surface area contributed by atoms with E-state index in [1.54, 1.807) is 13.8 Å². The number of carbonyl (C=O) groups is 1. The number of amides is 1. The molecule has 2 aromatic rings. The van der Waals surface area contributed by atoms with Crippen LogP contribution in [-0.4, -0.2) is 20.7 Å². The van der Waals surface area contributed by atoms with Crippen molar-refractivity contribution in [3.63, 3.8) is 0 Å². The minimum atomic E-state index is -0.383. The third-order valence-corrected chi connectivity index (χ3v) is 4.90. The summed E-state index contributed by atoms with van der Waals surface area (Å²) in [4.78, 5) is 26.9. The monoisotopic (exact) mass is 355 g/mol. The van der Waals surface area contributed by atoms with Crippen molar-refractivity contribution in [3.05, 3.63) is 49.7 Å². The third kappa shape index (κ3) is 3.69. The maximum absolute atomic E-state index is 12.4. The first kappa shape index (κ1) is 19.4. The van der Waals surface area contributed by atoms with Gasteiger partial charge in [0.15, 0.2) is 0 Å². The van der Waals surface area contributed by atoms with Gasteiger partial charge >= 0.3 is 0 Å². The molecule has 0 fully saturated rings. The Morgan fingerprint density at radius 1 is 1.35 bits per heavy atom. The fourth-order valence-corrected chi connectivity index (χ4v) is 3.46. The quantitative estimate of drug-likeness (QED) is 0.856. The van der Waals surface area contributed by atoms with E-state index in [-0.39, 0.29) is 29.5 Å². The molecule has 1 unspecified atom stereocenters. The van der Waals surface area contributed by atoms with Crippen LogP contribution in [0.2, 0.25) is 0 Å². The SMILES string of the molecule is Cc1nn(C)c(C)c1C(C)NC(=O)CCc1c(C)[nH]c(=O)c(C#N)c1C. The molecule has 2 aromatic heterocycles. The highest BCUT2D eigenvalue weighted by atomic mass is 16.1. The number of aryl methyl sites for hydroxylation is 3. The van der Waals surface area contributed by atoms with Crippen LogP contribution >= 0.6 is 0 Å². The number of hydrogen-bond acceptors (Lipinski definition) is 4. The van der Waals surface area contributed by atoms with Gasteiger partial charge in [-0.2, -0.15) is 10.4 Å². The van der Waals surface area contributed by atoms with Gasteiger partial charge in [-0.25, -0.2) is 0 Å². The van der Waals surface area contributed by atoms with E-state index in [4.69, 9.17) is 5.26 Å². The van der Waals surface area contributed by atoms with E-state index in [9.17, 15) is 9.59 Å². The zero-order valence-corrected chi connectivity index (χ0v) is 16.1. The molecule has 7 heteroatoms. The second-order valence-corrected chi connectivity index (χ2v) is 6.67. The Morgan fingerprint density at radius 3 is 2.54 bits per heavy atom. The number of rotatable bonds is 5. The highest BCUT2D eigenvalue weighted by molar-refractivity contribution is 5.77. The topological polar surface area (TPSA) is 104 Å². The van der Waals surface area contributed by atoms with Crippen LogP contribution in [0.25, 0.3) is 0 Å². The zero-order valence-electron chi connectivity index (χ0n) is 16.1. The predicted molar refractivity (Wildman–Crippen MR) is 98.8 cm³/mol. The van der Waals surface area contributed by atoms with Gasteiger partial charge in [0.05, 0.1) is 11.7 Å². The summed E-state index contributed by atoms with van der Waals surface area (Å²) in [5.74, 6) is -0.0799. The van der Waals surface area contributed by atoms with Gasteiger partial charge in [-0.1, -0.05) is 0 Å². The van der Waals surface area contributed by atoms with E-state index < -0.39 is 0 Å². The number of carbonyl (C=O) groups excluding carboxylic acids is 1. The molecule has 2 N–H and O–H groups in total. The number of hydrogen-bond donors (Lipinski definition) is 2. The molecule has 1 atom stereocenters. The standard InChI is InChI=1S/C19H25N5O2/c1-10-15(11(2)22-19(26)16(10)9-20)7-8-17(25)21-12(3)18-13(4)23-24(6)14(18)5/h12H,7-8H2,1-6H3,(H,21,25)(H,22,26). The first-order valence-electron chi connectivity index (χ1n) is 8.59. The summed E-state index contributed by atoms with van der Waals surface area (Å²) in [5.41, 5.74) is 4.89. The van der Waals surface area contributed by atoms with Gasteiger partial charge in [-0.3, -0.25) is 14.3 Å². The molecule has 7 nitrogen and oxygen atoms in total. The van der Waals surface area contributed by atoms with Crippen LogP contribution in [0, 0.1) is 39.0 Å². The molecule has 2 heterocycles. The molecule has 1 amide bonds. The number of aromatic amines is 1. The Kier molecular flexibility index (Phi) is 5.66. The molecular formula is C19H25N5O2. The summed E-state index contributed by atoms with van der Waals surface area (Å²) in [6, 6.07) is 1.80. The second-order valence-electron chi connectivity index (χ2n) is 6.67. The fraction of sp³-hybridized carbons (Fsp3) is 0.474. The van der Waals surface area contributed by atoms with E-state index in [0.29, 0.717) is 17.7 Å². The molecule has 0 radical (unpaired) electrons. The van der Waals surface area contributed by atoms with Crippen molar-refractivity contribution in [2.45, 2.75) is 53.5 Å². The smallest absolute Gasteiger partial charge is 0.266 e. The molecule has 138 valence electrons. The van der Waals surface area contributed by atoms with Gasteiger partial charge in [0.2, 0.25) is 5.91 Å². The number of pyridine rings is 1. The molecule has 0 aliphatic carbocycles. The molecule has 0 saturated carbocycles. The average Bonchev–Trinajstić information content (AvgIpc) is 2.79. The lowest BCUT2D eigenvalue weighted by atomic mass is 9.98. The largest absolute Gasteiger partial charge is 0.349 e. The van der Waals surface area contributed by atoms with Crippen molar-refractivity contribution in [1.29, 1.82) is 5.26 Å². The first-order valence-corrected chi connectivity index (χ1v) is 8.59. The van der Waals surface area contributed by atoms with Crippen LogP contribution in [-0.2, 0) is 18.3 Å². The number of H-pyrrole nitrogens is 1. The lowest BCUT2D eigenvalue weighted by Crippen LogP contribution is -2.28. The predicted octanol–water partition coefficient (Wildman–Crippen LogP) is 2.02. The number of nitrogens with zero attached hydrogens (tertiary/aromatic N) is 3. The molecule has 0 spiro atoms. The van der Waals surface area contributed by atoms with Crippen LogP contribution in [0.15, 0.2) is 4.79 Å². The molecule has 0 aromatic carbocycles. The van der Waals surface area contributed by atoms with Crippen LogP contribution < -0.4 is 10.9 Å².